The van der Waals surface area contributed by atoms with E-state index in [1.807, 2.05) is 0 Å². The van der Waals surface area contributed by atoms with Crippen LogP contribution in [0, 0.1) is 0 Å². The van der Waals surface area contributed by atoms with Gasteiger partial charge in [0.05, 0.1) is 6.61 Å². The van der Waals surface area contributed by atoms with Crippen LogP contribution in [0.2, 0.25) is 0 Å². The molecule has 1 unspecified atom stereocenters. The normalized spacial score (nSPS) is 13.2. The third-order valence-electron chi connectivity index (χ3n) is 7.20. The number of esters is 2. The third-order valence-corrected chi connectivity index (χ3v) is 7.20. The molecule has 260 valence electrons. The summed E-state index contributed by atoms with van der Waals surface area (Å²) in [6.07, 6.45) is 49.6. The Kier molecular flexibility index (Phi) is 34.2. The maximum absolute atomic E-state index is 12.1. The lowest BCUT2D eigenvalue weighted by molar-refractivity contribution is -0.161. The Balaban J connectivity index is 3.65. The molecule has 0 aromatic heterocycles. The second-order valence-electron chi connectivity index (χ2n) is 11.6. The van der Waals surface area contributed by atoms with Gasteiger partial charge in [-0.25, -0.2) is 0 Å². The maximum Gasteiger partial charge on any atom is 0.306 e. The first kappa shape index (κ1) is 43.1. The Morgan fingerprint density at radius 3 is 1.41 bits per heavy atom. The van der Waals surface area contributed by atoms with Crippen molar-refractivity contribution in [2.75, 3.05) is 13.2 Å². The zero-order chi connectivity index (χ0) is 33.6. The van der Waals surface area contributed by atoms with Crippen molar-refractivity contribution in [1.82, 2.24) is 0 Å². The lowest BCUT2D eigenvalue weighted by Crippen LogP contribution is -2.28. The average molecular weight is 639 g/mol. The lowest BCUT2D eigenvalue weighted by atomic mass is 10.1. The van der Waals surface area contributed by atoms with E-state index in [-0.39, 0.29) is 25.2 Å². The van der Waals surface area contributed by atoms with Gasteiger partial charge in [-0.3, -0.25) is 9.59 Å². The fraction of sp³-hybridized carbons (Fsp3) is 0.610. The molecule has 0 fully saturated rings. The van der Waals surface area contributed by atoms with E-state index in [1.54, 1.807) is 0 Å². The Bertz CT molecular complexity index is 906. The highest BCUT2D eigenvalue weighted by Crippen LogP contribution is 2.10. The number of carbonyl (C=O) groups excluding carboxylic acids is 2. The van der Waals surface area contributed by atoms with Crippen LogP contribution in [0.15, 0.2) is 85.1 Å². The highest BCUT2D eigenvalue weighted by Gasteiger charge is 2.16. The van der Waals surface area contributed by atoms with Crippen molar-refractivity contribution < 1.29 is 24.2 Å². The van der Waals surface area contributed by atoms with Gasteiger partial charge in [-0.05, 0) is 70.6 Å². The van der Waals surface area contributed by atoms with Crippen molar-refractivity contribution in [2.24, 2.45) is 0 Å². The molecular formula is C41H66O5. The molecule has 1 N–H and O–H groups in total. The van der Waals surface area contributed by atoms with Gasteiger partial charge in [0.1, 0.15) is 6.61 Å². The van der Waals surface area contributed by atoms with Crippen LogP contribution in [0.3, 0.4) is 0 Å². The van der Waals surface area contributed by atoms with Crippen molar-refractivity contribution in [3.8, 4) is 0 Å². The molecule has 5 nitrogen and oxygen atoms in total. The molecule has 1 atom stereocenters. The van der Waals surface area contributed by atoms with Gasteiger partial charge in [0.15, 0.2) is 6.10 Å². The standard InChI is InChI=1S/C41H66O5/c1-3-5-7-9-10-11-12-13-14-15-16-17-18-19-20-21-22-23-24-25-26-27-28-29-30-32-34-36-41(44)46-39(37-42)38-45-40(43)35-33-31-8-6-4-2/h5,7,10-11,13-14,16-17,19-20,22-23,25-26,39,42H,3-4,6,8-9,12,15,18,21,24,27-38H2,1-2H3/b7-5-,11-10-,14-13-,17-16-,20-19-,23-22-,26-25-. The molecular weight excluding hydrogens is 572 g/mol. The van der Waals surface area contributed by atoms with Gasteiger partial charge in [-0.15, -0.1) is 0 Å². The molecule has 0 radical (unpaired) electrons. The molecule has 5 heteroatoms. The summed E-state index contributed by atoms with van der Waals surface area (Å²) in [6, 6.07) is 0. The van der Waals surface area contributed by atoms with Gasteiger partial charge < -0.3 is 14.6 Å². The van der Waals surface area contributed by atoms with Crippen molar-refractivity contribution >= 4 is 11.9 Å². The minimum absolute atomic E-state index is 0.0797. The van der Waals surface area contributed by atoms with Gasteiger partial charge in [0.25, 0.3) is 0 Å². The Hall–Kier alpha value is -2.92. The topological polar surface area (TPSA) is 72.8 Å². The summed E-state index contributed by atoms with van der Waals surface area (Å²) in [5.41, 5.74) is 0. The Morgan fingerprint density at radius 1 is 0.522 bits per heavy atom. The van der Waals surface area contributed by atoms with E-state index in [0.717, 1.165) is 103 Å². The number of hydrogen-bond acceptors (Lipinski definition) is 5. The van der Waals surface area contributed by atoms with E-state index in [2.05, 4.69) is 98.9 Å². The Labute approximate surface area is 282 Å². The zero-order valence-electron chi connectivity index (χ0n) is 29.3. The molecule has 0 heterocycles. The molecule has 0 aliphatic heterocycles. The fourth-order valence-electron chi connectivity index (χ4n) is 4.47. The van der Waals surface area contributed by atoms with Gasteiger partial charge in [0.2, 0.25) is 0 Å². The summed E-state index contributed by atoms with van der Waals surface area (Å²) in [5.74, 6) is -0.637. The van der Waals surface area contributed by atoms with Gasteiger partial charge in [0, 0.05) is 12.8 Å². The first-order valence-electron chi connectivity index (χ1n) is 18.1. The van der Waals surface area contributed by atoms with E-state index in [4.69, 9.17) is 9.47 Å². The molecule has 0 aromatic rings. The van der Waals surface area contributed by atoms with E-state index in [1.165, 1.54) is 12.8 Å². The summed E-state index contributed by atoms with van der Waals surface area (Å²) < 4.78 is 10.4. The highest BCUT2D eigenvalue weighted by molar-refractivity contribution is 5.70. The van der Waals surface area contributed by atoms with E-state index >= 15 is 0 Å². The number of unbranched alkanes of at least 4 members (excludes halogenated alkanes) is 9. The van der Waals surface area contributed by atoms with Crippen molar-refractivity contribution in [3.63, 3.8) is 0 Å². The van der Waals surface area contributed by atoms with Gasteiger partial charge in [-0.1, -0.05) is 144 Å². The van der Waals surface area contributed by atoms with Crippen LogP contribution in [-0.2, 0) is 19.1 Å². The van der Waals surface area contributed by atoms with Crippen molar-refractivity contribution in [3.05, 3.63) is 85.1 Å². The first-order chi connectivity index (χ1) is 22.6. The number of hydrogen-bond donors (Lipinski definition) is 1. The Morgan fingerprint density at radius 2 is 0.935 bits per heavy atom. The minimum Gasteiger partial charge on any atom is -0.462 e. The fourth-order valence-corrected chi connectivity index (χ4v) is 4.47. The number of aliphatic hydroxyl groups is 1. The van der Waals surface area contributed by atoms with Crippen LogP contribution in [0.5, 0.6) is 0 Å². The van der Waals surface area contributed by atoms with Crippen molar-refractivity contribution in [1.29, 1.82) is 0 Å². The molecule has 0 aromatic carbocycles. The summed E-state index contributed by atoms with van der Waals surface area (Å²) in [6.45, 7) is 3.89. The summed E-state index contributed by atoms with van der Waals surface area (Å²) >= 11 is 0. The summed E-state index contributed by atoms with van der Waals surface area (Å²) in [7, 11) is 0. The van der Waals surface area contributed by atoms with E-state index < -0.39 is 6.10 Å². The molecule has 0 saturated carbocycles. The third kappa shape index (κ3) is 34.0. The van der Waals surface area contributed by atoms with Gasteiger partial charge in [-0.2, -0.15) is 0 Å². The second kappa shape index (κ2) is 36.5. The van der Waals surface area contributed by atoms with E-state index in [0.29, 0.717) is 12.8 Å². The largest absolute Gasteiger partial charge is 0.462 e. The van der Waals surface area contributed by atoms with Crippen LogP contribution in [0.25, 0.3) is 0 Å². The van der Waals surface area contributed by atoms with Crippen molar-refractivity contribution in [2.45, 2.75) is 148 Å². The summed E-state index contributed by atoms with van der Waals surface area (Å²) in [5, 5.41) is 9.45. The number of ether oxygens (including phenoxy) is 2. The quantitative estimate of drug-likeness (QED) is 0.0465. The second-order valence-corrected chi connectivity index (χ2v) is 11.6. The lowest BCUT2D eigenvalue weighted by Gasteiger charge is -2.15. The smallest absolute Gasteiger partial charge is 0.306 e. The predicted octanol–water partition coefficient (Wildman–Crippen LogP) is 11.2. The number of carbonyl (C=O) groups is 2. The van der Waals surface area contributed by atoms with Crippen LogP contribution in [0.1, 0.15) is 142 Å². The molecule has 46 heavy (non-hydrogen) atoms. The number of allylic oxidation sites excluding steroid dienone is 14. The molecule has 0 bridgehead atoms. The predicted molar refractivity (Wildman–Crippen MR) is 196 cm³/mol. The van der Waals surface area contributed by atoms with Crippen LogP contribution in [-0.4, -0.2) is 36.4 Å². The van der Waals surface area contributed by atoms with Crippen LogP contribution in [0.4, 0.5) is 0 Å². The molecule has 0 aliphatic rings. The molecule has 0 saturated heterocycles. The highest BCUT2D eigenvalue weighted by atomic mass is 16.6. The molecule has 0 aliphatic carbocycles. The number of rotatable bonds is 31. The minimum atomic E-state index is -0.781. The molecule has 0 rings (SSSR count). The maximum atomic E-state index is 12.1. The van der Waals surface area contributed by atoms with Crippen LogP contribution < -0.4 is 0 Å². The van der Waals surface area contributed by atoms with Gasteiger partial charge >= 0.3 is 11.9 Å². The average Bonchev–Trinajstić information content (AvgIpc) is 3.06. The molecule has 0 spiro atoms. The first-order valence-corrected chi connectivity index (χ1v) is 18.1. The molecule has 0 amide bonds. The van der Waals surface area contributed by atoms with E-state index in [9.17, 15) is 14.7 Å². The zero-order valence-corrected chi connectivity index (χ0v) is 29.3. The monoisotopic (exact) mass is 638 g/mol. The summed E-state index contributed by atoms with van der Waals surface area (Å²) in [4.78, 5) is 23.9. The number of aliphatic hydroxyl groups excluding tert-OH is 1. The SMILES string of the molecule is CC/C=C\C/C=C\C/C=C\C/C=C\C/C=C\C/C=C\C/C=C\CCCCCCCC(=O)OC(CO)COC(=O)CCCCCCC. The van der Waals surface area contributed by atoms with Crippen LogP contribution >= 0.6 is 0 Å².